The number of ether oxygens (including phenoxy) is 2. The number of nitrogens with zero attached hydrogens (tertiary/aromatic N) is 3. The van der Waals surface area contributed by atoms with Gasteiger partial charge in [-0.1, -0.05) is 50.7 Å². The number of aromatic nitrogens is 3. The van der Waals surface area contributed by atoms with Crippen molar-refractivity contribution < 1.29 is 18.7 Å². The van der Waals surface area contributed by atoms with Crippen molar-refractivity contribution in [1.82, 2.24) is 14.8 Å². The number of anilines is 1. The highest BCUT2D eigenvalue weighted by Gasteiger charge is 2.42. The van der Waals surface area contributed by atoms with Gasteiger partial charge in [-0.05, 0) is 57.3 Å². The topological polar surface area (TPSA) is 78.3 Å². The van der Waals surface area contributed by atoms with E-state index < -0.39 is 6.04 Å². The molecular formula is C27H28BrFN4O3S. The molecule has 1 aliphatic heterocycles. The van der Waals surface area contributed by atoms with Crippen LogP contribution in [0.2, 0.25) is 0 Å². The number of ketones is 1. The van der Waals surface area contributed by atoms with Gasteiger partial charge in [0.15, 0.2) is 17.3 Å². The number of rotatable bonds is 7. The zero-order chi connectivity index (χ0) is 26.3. The van der Waals surface area contributed by atoms with Crippen LogP contribution in [-0.4, -0.2) is 33.4 Å². The highest BCUT2D eigenvalue weighted by atomic mass is 79.9. The minimum atomic E-state index is -0.473. The predicted octanol–water partition coefficient (Wildman–Crippen LogP) is 6.54. The van der Waals surface area contributed by atoms with Crippen LogP contribution in [0.1, 0.15) is 50.8 Å². The van der Waals surface area contributed by atoms with Crippen molar-refractivity contribution >= 4 is 39.4 Å². The fraction of sp³-hybridized carbons (Fsp3) is 0.370. The maximum atomic E-state index is 14.1. The standard InChI is InChI=1S/C27H28BrFN4O3S/c1-5-37-26-31-25-30-19-12-27(2,3)13-20(34)22(19)23(33(25)32-26)16-10-17(28)24(21(11-16)35-4)36-14-15-8-6-7-9-18(15)29/h6-11,23H,5,12-14H2,1-4H3,(H,30,31,32). The molecule has 3 aromatic rings. The fourth-order valence-corrected chi connectivity index (χ4v) is 6.02. The van der Waals surface area contributed by atoms with E-state index in [9.17, 15) is 9.18 Å². The third-order valence-corrected chi connectivity index (χ3v) is 7.79. The van der Waals surface area contributed by atoms with Gasteiger partial charge in [0.1, 0.15) is 18.5 Å². The van der Waals surface area contributed by atoms with E-state index >= 15 is 0 Å². The first-order valence-corrected chi connectivity index (χ1v) is 13.8. The minimum Gasteiger partial charge on any atom is -0.493 e. The van der Waals surface area contributed by atoms with Crippen LogP contribution in [0.15, 0.2) is 57.3 Å². The van der Waals surface area contributed by atoms with Crippen molar-refractivity contribution in [2.75, 3.05) is 18.2 Å². The van der Waals surface area contributed by atoms with Crippen LogP contribution < -0.4 is 14.8 Å². The summed E-state index contributed by atoms with van der Waals surface area (Å²) in [6.07, 6.45) is 1.18. The molecule has 0 spiro atoms. The van der Waals surface area contributed by atoms with E-state index in [4.69, 9.17) is 14.6 Å². The predicted molar refractivity (Wildman–Crippen MR) is 145 cm³/mol. The Hall–Kier alpha value is -2.85. The summed E-state index contributed by atoms with van der Waals surface area (Å²) in [7, 11) is 1.56. The highest BCUT2D eigenvalue weighted by molar-refractivity contribution is 9.10. The van der Waals surface area contributed by atoms with Gasteiger partial charge in [-0.15, -0.1) is 5.10 Å². The molecule has 5 rings (SSSR count). The quantitative estimate of drug-likeness (QED) is 0.315. The van der Waals surface area contributed by atoms with E-state index in [1.807, 2.05) is 19.1 Å². The number of nitrogens with one attached hydrogen (secondary N) is 1. The molecule has 1 aromatic heterocycles. The molecule has 1 N–H and O–H groups in total. The monoisotopic (exact) mass is 586 g/mol. The number of allylic oxidation sites excluding steroid dienone is 2. The van der Waals surface area contributed by atoms with Crippen LogP contribution in [0.25, 0.3) is 0 Å². The number of methoxy groups -OCH3 is 1. The lowest BCUT2D eigenvalue weighted by Gasteiger charge is -2.38. The number of Topliss-reactive ketones (excluding diaryl/α,β-unsaturated/α-hetero) is 1. The molecule has 10 heteroatoms. The second-order valence-electron chi connectivity index (χ2n) is 9.87. The highest BCUT2D eigenvalue weighted by Crippen LogP contribution is 2.48. The normalized spacial score (nSPS) is 18.2. The van der Waals surface area contributed by atoms with Gasteiger partial charge in [0.25, 0.3) is 0 Å². The Kier molecular flexibility index (Phi) is 7.06. The maximum absolute atomic E-state index is 14.1. The van der Waals surface area contributed by atoms with Gasteiger partial charge in [-0.25, -0.2) is 9.07 Å². The molecule has 2 aromatic carbocycles. The van der Waals surface area contributed by atoms with Crippen molar-refractivity contribution in [3.05, 3.63) is 69.1 Å². The summed E-state index contributed by atoms with van der Waals surface area (Å²) in [5.41, 5.74) is 2.67. The van der Waals surface area contributed by atoms with E-state index in [0.717, 1.165) is 23.4 Å². The lowest BCUT2D eigenvalue weighted by Crippen LogP contribution is -2.36. The first-order valence-electron chi connectivity index (χ1n) is 12.1. The van der Waals surface area contributed by atoms with Gasteiger partial charge in [0.05, 0.1) is 11.6 Å². The first kappa shape index (κ1) is 25.8. The van der Waals surface area contributed by atoms with E-state index in [1.54, 1.807) is 41.8 Å². The van der Waals surface area contributed by atoms with Gasteiger partial charge in [-0.2, -0.15) is 4.98 Å². The molecule has 2 aliphatic rings. The smallest absolute Gasteiger partial charge is 0.227 e. The molecule has 2 heterocycles. The largest absolute Gasteiger partial charge is 0.493 e. The van der Waals surface area contributed by atoms with Gasteiger partial charge >= 0.3 is 0 Å². The Morgan fingerprint density at radius 1 is 1.27 bits per heavy atom. The van der Waals surface area contributed by atoms with Crippen LogP contribution in [-0.2, 0) is 11.4 Å². The Morgan fingerprint density at radius 2 is 2.05 bits per heavy atom. The molecule has 0 saturated carbocycles. The second kappa shape index (κ2) is 10.1. The summed E-state index contributed by atoms with van der Waals surface area (Å²) < 4.78 is 28.2. The van der Waals surface area contributed by atoms with Crippen LogP contribution in [0.5, 0.6) is 11.5 Å². The van der Waals surface area contributed by atoms with E-state index in [1.165, 1.54) is 6.07 Å². The number of fused-ring (bicyclic) bond motifs is 1. The molecule has 194 valence electrons. The summed E-state index contributed by atoms with van der Waals surface area (Å²) >= 11 is 5.17. The maximum Gasteiger partial charge on any atom is 0.227 e. The molecule has 1 aliphatic carbocycles. The molecule has 1 unspecified atom stereocenters. The number of hydrogen-bond acceptors (Lipinski definition) is 7. The number of thioether (sulfide) groups is 1. The number of carbonyl (C=O) groups excluding carboxylic acids is 1. The van der Waals surface area contributed by atoms with Crippen LogP contribution >= 0.6 is 27.7 Å². The summed E-state index contributed by atoms with van der Waals surface area (Å²) in [6, 6.07) is 9.78. The SMILES string of the molecule is CCSc1nc2n(n1)C(c1cc(Br)c(OCc3ccccc3F)c(OC)c1)C1=C(CC(C)(C)CC1=O)N2. The minimum absolute atomic E-state index is 0.0437. The average molecular weight is 588 g/mol. The Morgan fingerprint density at radius 3 is 2.78 bits per heavy atom. The lowest BCUT2D eigenvalue weighted by molar-refractivity contribution is -0.118. The van der Waals surface area contributed by atoms with E-state index in [0.29, 0.717) is 44.6 Å². The molecule has 0 amide bonds. The van der Waals surface area contributed by atoms with E-state index in [2.05, 4.69) is 40.1 Å². The zero-order valence-corrected chi connectivity index (χ0v) is 23.5. The zero-order valence-electron chi connectivity index (χ0n) is 21.1. The Bertz CT molecular complexity index is 1400. The molecule has 0 bridgehead atoms. The molecule has 1 atom stereocenters. The average Bonchev–Trinajstić information content (AvgIpc) is 3.23. The lowest BCUT2D eigenvalue weighted by atomic mass is 9.73. The Labute approximate surface area is 228 Å². The van der Waals surface area contributed by atoms with Crippen LogP contribution in [0.3, 0.4) is 0 Å². The van der Waals surface area contributed by atoms with Gasteiger partial charge in [-0.3, -0.25) is 4.79 Å². The number of hydrogen-bond donors (Lipinski definition) is 1. The third kappa shape index (κ3) is 5.01. The van der Waals surface area contributed by atoms with Gasteiger partial charge < -0.3 is 14.8 Å². The van der Waals surface area contributed by atoms with E-state index in [-0.39, 0.29) is 23.6 Å². The van der Waals surface area contributed by atoms with Gasteiger partial charge in [0.2, 0.25) is 11.1 Å². The number of benzene rings is 2. The molecule has 7 nitrogen and oxygen atoms in total. The van der Waals surface area contributed by atoms with Crippen molar-refractivity contribution in [1.29, 1.82) is 0 Å². The molecule has 0 fully saturated rings. The van der Waals surface area contributed by atoms with Gasteiger partial charge in [0, 0.05) is 23.3 Å². The Balaban J connectivity index is 1.58. The second-order valence-corrected chi connectivity index (χ2v) is 12.0. The van der Waals surface area contributed by atoms with Crippen molar-refractivity contribution in [3.8, 4) is 11.5 Å². The van der Waals surface area contributed by atoms with Crippen LogP contribution in [0.4, 0.5) is 10.3 Å². The number of carbonyl (C=O) groups is 1. The molecular weight excluding hydrogens is 559 g/mol. The summed E-state index contributed by atoms with van der Waals surface area (Å²) in [5.74, 6) is 2.12. The summed E-state index contributed by atoms with van der Waals surface area (Å²) in [6.45, 7) is 6.30. The van der Waals surface area contributed by atoms with Crippen molar-refractivity contribution in [2.45, 2.75) is 51.4 Å². The van der Waals surface area contributed by atoms with Crippen LogP contribution in [0, 0.1) is 11.2 Å². The fourth-order valence-electron chi connectivity index (χ4n) is 4.89. The molecule has 37 heavy (non-hydrogen) atoms. The summed E-state index contributed by atoms with van der Waals surface area (Å²) in [5, 5.41) is 8.79. The first-order chi connectivity index (χ1) is 17.7. The van der Waals surface area contributed by atoms with Crippen molar-refractivity contribution in [2.24, 2.45) is 5.41 Å². The third-order valence-electron chi connectivity index (χ3n) is 6.48. The number of halogens is 2. The molecule has 0 saturated heterocycles. The molecule has 0 radical (unpaired) electrons. The van der Waals surface area contributed by atoms with Crippen molar-refractivity contribution in [3.63, 3.8) is 0 Å². The summed E-state index contributed by atoms with van der Waals surface area (Å²) in [4.78, 5) is 18.2.